The van der Waals surface area contributed by atoms with Crippen LogP contribution in [0.1, 0.15) is 78.6 Å². The summed E-state index contributed by atoms with van der Waals surface area (Å²) in [5.41, 5.74) is 0. The van der Waals surface area contributed by atoms with Crippen LogP contribution in [0.25, 0.3) is 0 Å². The molecule has 0 radical (unpaired) electrons. The van der Waals surface area contributed by atoms with Crippen LogP contribution in [-0.4, -0.2) is 71.8 Å². The van der Waals surface area contributed by atoms with Gasteiger partial charge in [0.15, 0.2) is 5.03 Å². The first-order chi connectivity index (χ1) is 16.2. The number of hydrogen-bond donors (Lipinski definition) is 3. The fourth-order valence-corrected chi connectivity index (χ4v) is 5.99. The highest BCUT2D eigenvalue weighted by atomic mass is 32.2. The fraction of sp³-hybridized carbons (Fsp3) is 0.783. The van der Waals surface area contributed by atoms with Gasteiger partial charge in [-0.1, -0.05) is 26.2 Å². The number of nitrogens with one attached hydrogen (secondary N) is 3. The monoisotopic (exact) mass is 496 g/mol. The third-order valence-corrected chi connectivity index (χ3v) is 8.49. The highest BCUT2D eigenvalue weighted by Crippen LogP contribution is 2.32. The minimum atomic E-state index is -3.97. The lowest BCUT2D eigenvalue weighted by Crippen LogP contribution is -2.51. The summed E-state index contributed by atoms with van der Waals surface area (Å²) in [6.45, 7) is 6.62. The van der Waals surface area contributed by atoms with Gasteiger partial charge in [0.25, 0.3) is 10.0 Å². The number of hydrogen-bond acceptors (Lipinski definition) is 5. The molecular weight excluding hydrogens is 456 g/mol. The fourth-order valence-electron chi connectivity index (χ4n) is 5.10. The molecule has 2 aliphatic carbocycles. The lowest BCUT2D eigenvalue weighted by Gasteiger charge is -2.42. The van der Waals surface area contributed by atoms with Crippen LogP contribution in [0, 0.1) is 5.92 Å². The molecule has 3 N–H and O–H groups in total. The topological polar surface area (TPSA) is 128 Å². The summed E-state index contributed by atoms with van der Waals surface area (Å²) < 4.78 is 27.5. The van der Waals surface area contributed by atoms with Gasteiger partial charge < -0.3 is 14.8 Å². The Labute approximate surface area is 203 Å². The first kappa shape index (κ1) is 26.5. The van der Waals surface area contributed by atoms with Gasteiger partial charge >= 0.3 is 6.03 Å². The van der Waals surface area contributed by atoms with Gasteiger partial charge in [-0.15, -0.1) is 0 Å². The number of likely N-dealkylation sites (N-methyl/N-ethyl adjacent to an activating group) is 1. The summed E-state index contributed by atoms with van der Waals surface area (Å²) in [6.07, 6.45) is 10.8. The van der Waals surface area contributed by atoms with Gasteiger partial charge in [-0.2, -0.15) is 0 Å². The van der Waals surface area contributed by atoms with Crippen molar-refractivity contribution in [3.8, 4) is 0 Å². The minimum Gasteiger partial charge on any atom is -0.342 e. The predicted molar refractivity (Wildman–Crippen MR) is 131 cm³/mol. The summed E-state index contributed by atoms with van der Waals surface area (Å²) in [5, 5.41) is 2.61. The SMILES string of the molecule is CCN(CC)C(=O)CNS(=O)(=O)c1cnc(NC(=O)N(C2CCCCC2)[C@H]2CC[C@H](C)CC2)[nH]1. The quantitative estimate of drug-likeness (QED) is 0.483. The van der Waals surface area contributed by atoms with Crippen LogP contribution in [0.3, 0.4) is 0 Å². The Bertz CT molecular complexity index is 916. The molecule has 1 aromatic rings. The highest BCUT2D eigenvalue weighted by Gasteiger charge is 2.34. The Morgan fingerprint density at radius 1 is 1.03 bits per heavy atom. The predicted octanol–water partition coefficient (Wildman–Crippen LogP) is 3.30. The summed E-state index contributed by atoms with van der Waals surface area (Å²) in [5.74, 6) is 0.475. The molecule has 34 heavy (non-hydrogen) atoms. The average molecular weight is 497 g/mol. The first-order valence-electron chi connectivity index (χ1n) is 12.7. The van der Waals surface area contributed by atoms with Crippen molar-refractivity contribution in [3.05, 3.63) is 6.20 Å². The Kier molecular flexibility index (Phi) is 9.35. The number of rotatable bonds is 9. The van der Waals surface area contributed by atoms with Crippen LogP contribution in [-0.2, 0) is 14.8 Å². The van der Waals surface area contributed by atoms with Crippen molar-refractivity contribution in [1.82, 2.24) is 24.5 Å². The van der Waals surface area contributed by atoms with E-state index in [4.69, 9.17) is 0 Å². The third-order valence-electron chi connectivity index (χ3n) is 7.18. The molecule has 2 saturated carbocycles. The zero-order valence-electron chi connectivity index (χ0n) is 20.7. The Hall–Kier alpha value is -2.14. The number of carbonyl (C=O) groups excluding carboxylic acids is 2. The second-order valence-corrected chi connectivity index (χ2v) is 11.3. The number of carbonyl (C=O) groups is 2. The van der Waals surface area contributed by atoms with Gasteiger partial charge in [0.2, 0.25) is 11.9 Å². The van der Waals surface area contributed by atoms with Crippen molar-refractivity contribution in [2.24, 2.45) is 5.92 Å². The zero-order valence-corrected chi connectivity index (χ0v) is 21.5. The smallest absolute Gasteiger partial charge is 0.324 e. The lowest BCUT2D eigenvalue weighted by molar-refractivity contribution is -0.129. The number of aromatic nitrogens is 2. The lowest BCUT2D eigenvalue weighted by atomic mass is 9.84. The molecule has 1 aromatic heterocycles. The molecular formula is C23H40N6O4S. The summed E-state index contributed by atoms with van der Waals surface area (Å²) in [6, 6.07) is 0.178. The summed E-state index contributed by atoms with van der Waals surface area (Å²) >= 11 is 0. The Morgan fingerprint density at radius 2 is 1.65 bits per heavy atom. The van der Waals surface area contributed by atoms with Crippen molar-refractivity contribution in [2.45, 2.75) is 95.7 Å². The van der Waals surface area contributed by atoms with E-state index in [1.165, 1.54) is 6.42 Å². The van der Waals surface area contributed by atoms with Crippen LogP contribution in [0.5, 0.6) is 0 Å². The number of nitrogens with zero attached hydrogens (tertiary/aromatic N) is 3. The van der Waals surface area contributed by atoms with E-state index in [0.717, 1.165) is 57.6 Å². The third kappa shape index (κ3) is 6.71. The Balaban J connectivity index is 1.66. The van der Waals surface area contributed by atoms with Crippen LogP contribution in [0.2, 0.25) is 0 Å². The van der Waals surface area contributed by atoms with E-state index < -0.39 is 10.0 Å². The number of aromatic amines is 1. The van der Waals surface area contributed by atoms with Gasteiger partial charge in [-0.25, -0.2) is 22.9 Å². The highest BCUT2D eigenvalue weighted by molar-refractivity contribution is 7.89. The molecule has 0 spiro atoms. The maximum absolute atomic E-state index is 13.3. The molecule has 1 heterocycles. The molecule has 0 bridgehead atoms. The zero-order chi connectivity index (χ0) is 24.7. The Morgan fingerprint density at radius 3 is 2.26 bits per heavy atom. The van der Waals surface area contributed by atoms with Crippen molar-refractivity contribution >= 4 is 27.9 Å². The van der Waals surface area contributed by atoms with E-state index in [-0.39, 0.29) is 41.5 Å². The van der Waals surface area contributed by atoms with Crippen LogP contribution < -0.4 is 10.0 Å². The van der Waals surface area contributed by atoms with Gasteiger partial charge in [0, 0.05) is 25.2 Å². The van der Waals surface area contributed by atoms with Gasteiger partial charge in [-0.3, -0.25) is 10.1 Å². The van der Waals surface area contributed by atoms with E-state index in [0.29, 0.717) is 19.0 Å². The van der Waals surface area contributed by atoms with Crippen molar-refractivity contribution in [3.63, 3.8) is 0 Å². The van der Waals surface area contributed by atoms with Gasteiger partial charge in [-0.05, 0) is 58.3 Å². The van der Waals surface area contributed by atoms with Crippen LogP contribution in [0.4, 0.5) is 10.7 Å². The average Bonchev–Trinajstić information content (AvgIpc) is 3.30. The van der Waals surface area contributed by atoms with Crippen molar-refractivity contribution in [1.29, 1.82) is 0 Å². The molecule has 3 amide bonds. The van der Waals surface area contributed by atoms with Crippen LogP contribution >= 0.6 is 0 Å². The van der Waals surface area contributed by atoms with Crippen molar-refractivity contribution in [2.75, 3.05) is 25.0 Å². The molecule has 0 aliphatic heterocycles. The molecule has 10 nitrogen and oxygen atoms in total. The van der Waals surface area contributed by atoms with Gasteiger partial charge in [0.1, 0.15) is 0 Å². The summed E-state index contributed by atoms with van der Waals surface area (Å²) in [4.78, 5) is 35.8. The van der Waals surface area contributed by atoms with E-state index in [1.807, 2.05) is 18.7 Å². The maximum atomic E-state index is 13.3. The largest absolute Gasteiger partial charge is 0.342 e. The number of amides is 3. The standard InChI is InChI=1S/C23H40N6O4S/c1-4-28(5-2)21(30)16-25-34(32,33)20-15-24-22(26-20)27-23(31)29(18-9-7-6-8-10-18)19-13-11-17(3)12-14-19/h15,17-19,25H,4-14,16H2,1-3H3,(H2,24,26,27,31)/t17-,19-. The molecule has 2 aliphatic rings. The van der Waals surface area contributed by atoms with Crippen LogP contribution in [0.15, 0.2) is 11.2 Å². The van der Waals surface area contributed by atoms with Gasteiger partial charge in [0.05, 0.1) is 12.7 Å². The van der Waals surface area contributed by atoms with E-state index >= 15 is 0 Å². The molecule has 0 unspecified atom stereocenters. The normalized spacial score (nSPS) is 21.7. The maximum Gasteiger partial charge on any atom is 0.324 e. The number of sulfonamides is 1. The second-order valence-electron chi connectivity index (χ2n) is 9.53. The number of anilines is 1. The molecule has 0 atom stereocenters. The molecule has 2 fully saturated rings. The molecule has 3 rings (SSSR count). The molecule has 0 saturated heterocycles. The number of urea groups is 1. The number of imidazole rings is 1. The van der Waals surface area contributed by atoms with E-state index in [9.17, 15) is 18.0 Å². The van der Waals surface area contributed by atoms with E-state index in [1.54, 1.807) is 4.90 Å². The minimum absolute atomic E-state index is 0.0884. The molecule has 11 heteroatoms. The first-order valence-corrected chi connectivity index (χ1v) is 14.1. The molecule has 192 valence electrons. The number of H-pyrrole nitrogens is 1. The second kappa shape index (κ2) is 12.0. The molecule has 0 aromatic carbocycles. The summed E-state index contributed by atoms with van der Waals surface area (Å²) in [7, 11) is -3.97. The van der Waals surface area contributed by atoms with Crippen molar-refractivity contribution < 1.29 is 18.0 Å². The van der Waals surface area contributed by atoms with E-state index in [2.05, 4.69) is 26.9 Å².